The summed E-state index contributed by atoms with van der Waals surface area (Å²) in [6.45, 7) is 0. The van der Waals surface area contributed by atoms with E-state index in [0.717, 1.165) is 6.07 Å². The monoisotopic (exact) mass is 272 g/mol. The maximum absolute atomic E-state index is 12.3. The molecule has 7 heteroatoms. The fourth-order valence-electron chi connectivity index (χ4n) is 1.71. The summed E-state index contributed by atoms with van der Waals surface area (Å²) in [5.41, 5.74) is 0.404. The maximum Gasteiger partial charge on any atom is 0.573 e. The van der Waals surface area contributed by atoms with Crippen LogP contribution in [0.5, 0.6) is 5.75 Å². The molecule has 4 nitrogen and oxygen atoms in total. The molecule has 0 aliphatic rings. The van der Waals surface area contributed by atoms with E-state index in [1.165, 1.54) is 35.3 Å². The topological polar surface area (TPSA) is 47.3 Å². The molecule has 0 radical (unpaired) electrons. The molecule has 0 amide bonds. The molecule has 2 rings (SSSR count). The number of para-hydroxylation sites is 1. The number of aliphatic hydroxyl groups excluding tert-OH is 1. The molecule has 0 spiro atoms. The van der Waals surface area contributed by atoms with Gasteiger partial charge in [0.15, 0.2) is 0 Å². The third-order valence-corrected chi connectivity index (χ3v) is 2.57. The third kappa shape index (κ3) is 3.05. The minimum atomic E-state index is -4.80. The SMILES string of the molecule is Cn1cncc1C(O)c1ccccc1OC(F)(F)F. The molecule has 2 aromatic rings. The Morgan fingerprint density at radius 1 is 1.32 bits per heavy atom. The zero-order chi connectivity index (χ0) is 14.0. The largest absolute Gasteiger partial charge is 0.573 e. The Morgan fingerprint density at radius 3 is 2.58 bits per heavy atom. The summed E-state index contributed by atoms with van der Waals surface area (Å²) < 4.78 is 42.3. The van der Waals surface area contributed by atoms with Crippen molar-refractivity contribution in [2.24, 2.45) is 7.05 Å². The van der Waals surface area contributed by atoms with Crippen LogP contribution >= 0.6 is 0 Å². The predicted octanol–water partition coefficient (Wildman–Crippen LogP) is 2.40. The van der Waals surface area contributed by atoms with E-state index >= 15 is 0 Å². The second-order valence-electron chi connectivity index (χ2n) is 3.92. The molecule has 1 heterocycles. The lowest BCUT2D eigenvalue weighted by atomic mass is 10.1. The summed E-state index contributed by atoms with van der Waals surface area (Å²) >= 11 is 0. The first-order valence-corrected chi connectivity index (χ1v) is 5.37. The molecule has 1 unspecified atom stereocenters. The van der Waals surface area contributed by atoms with Crippen LogP contribution in [0.4, 0.5) is 13.2 Å². The zero-order valence-corrected chi connectivity index (χ0v) is 9.93. The van der Waals surface area contributed by atoms with E-state index in [2.05, 4.69) is 9.72 Å². The Balaban J connectivity index is 2.37. The van der Waals surface area contributed by atoms with Gasteiger partial charge in [-0.15, -0.1) is 13.2 Å². The Bertz CT molecular complexity index is 566. The molecule has 0 fully saturated rings. The highest BCUT2D eigenvalue weighted by molar-refractivity contribution is 5.38. The lowest BCUT2D eigenvalue weighted by Crippen LogP contribution is -2.19. The first kappa shape index (κ1) is 13.4. The van der Waals surface area contributed by atoms with Crippen LogP contribution in [0.15, 0.2) is 36.8 Å². The first-order valence-electron chi connectivity index (χ1n) is 5.37. The van der Waals surface area contributed by atoms with E-state index < -0.39 is 18.2 Å². The minimum Gasteiger partial charge on any atom is -0.405 e. The van der Waals surface area contributed by atoms with Crippen molar-refractivity contribution in [1.29, 1.82) is 0 Å². The Morgan fingerprint density at radius 2 is 2.00 bits per heavy atom. The van der Waals surface area contributed by atoms with Gasteiger partial charge in [0.1, 0.15) is 11.9 Å². The van der Waals surface area contributed by atoms with E-state index in [9.17, 15) is 18.3 Å². The van der Waals surface area contributed by atoms with Crippen molar-refractivity contribution in [1.82, 2.24) is 9.55 Å². The molecule has 1 aromatic carbocycles. The molecular weight excluding hydrogens is 261 g/mol. The number of nitrogens with zero attached hydrogens (tertiary/aromatic N) is 2. The van der Waals surface area contributed by atoms with Gasteiger partial charge < -0.3 is 14.4 Å². The standard InChI is InChI=1S/C12H11F3N2O2/c1-17-7-16-6-9(17)11(18)8-4-2-3-5-10(8)19-12(13,14)15/h2-7,11,18H,1H3. The number of hydrogen-bond donors (Lipinski definition) is 1. The van der Waals surface area contributed by atoms with E-state index in [-0.39, 0.29) is 5.56 Å². The normalized spacial score (nSPS) is 13.3. The smallest absolute Gasteiger partial charge is 0.405 e. The Labute approximate surface area is 107 Å². The van der Waals surface area contributed by atoms with Crippen LogP contribution in [-0.2, 0) is 7.05 Å². The molecule has 19 heavy (non-hydrogen) atoms. The van der Waals surface area contributed by atoms with Crippen LogP contribution in [0, 0.1) is 0 Å². The van der Waals surface area contributed by atoms with Gasteiger partial charge in [-0.05, 0) is 6.07 Å². The molecule has 0 aliphatic heterocycles. The highest BCUT2D eigenvalue weighted by atomic mass is 19.4. The average Bonchev–Trinajstić information content (AvgIpc) is 2.73. The predicted molar refractivity (Wildman–Crippen MR) is 60.4 cm³/mol. The van der Waals surface area contributed by atoms with E-state index in [1.54, 1.807) is 7.05 Å². The zero-order valence-electron chi connectivity index (χ0n) is 9.93. The van der Waals surface area contributed by atoms with E-state index in [1.807, 2.05) is 0 Å². The Kier molecular flexibility index (Phi) is 3.48. The molecule has 102 valence electrons. The van der Waals surface area contributed by atoms with Crippen molar-refractivity contribution >= 4 is 0 Å². The summed E-state index contributed by atoms with van der Waals surface area (Å²) in [5.74, 6) is -0.427. The van der Waals surface area contributed by atoms with Crippen molar-refractivity contribution in [3.63, 3.8) is 0 Å². The van der Waals surface area contributed by atoms with Crippen LogP contribution in [0.25, 0.3) is 0 Å². The molecule has 0 saturated carbocycles. The van der Waals surface area contributed by atoms with Gasteiger partial charge >= 0.3 is 6.36 Å². The van der Waals surface area contributed by atoms with Gasteiger partial charge in [0.25, 0.3) is 0 Å². The quantitative estimate of drug-likeness (QED) is 0.933. The average molecular weight is 272 g/mol. The molecular formula is C12H11F3N2O2. The maximum atomic E-state index is 12.3. The molecule has 0 bridgehead atoms. The van der Waals surface area contributed by atoms with Crippen molar-refractivity contribution in [2.75, 3.05) is 0 Å². The lowest BCUT2D eigenvalue weighted by Gasteiger charge is -2.17. The second-order valence-corrected chi connectivity index (χ2v) is 3.92. The number of aliphatic hydroxyl groups is 1. The summed E-state index contributed by atoms with van der Waals surface area (Å²) in [7, 11) is 1.64. The van der Waals surface area contributed by atoms with Crippen LogP contribution in [0.1, 0.15) is 17.4 Å². The van der Waals surface area contributed by atoms with Crippen LogP contribution in [0.3, 0.4) is 0 Å². The number of aromatic nitrogens is 2. The fraction of sp³-hybridized carbons (Fsp3) is 0.250. The van der Waals surface area contributed by atoms with Gasteiger partial charge in [0.05, 0.1) is 18.2 Å². The number of imidazole rings is 1. The molecule has 1 N–H and O–H groups in total. The van der Waals surface area contributed by atoms with Crippen molar-refractivity contribution in [2.45, 2.75) is 12.5 Å². The third-order valence-electron chi connectivity index (χ3n) is 2.57. The van der Waals surface area contributed by atoms with Crippen LogP contribution in [0.2, 0.25) is 0 Å². The number of aryl methyl sites for hydroxylation is 1. The van der Waals surface area contributed by atoms with Gasteiger partial charge in [0, 0.05) is 12.6 Å². The molecule has 0 aliphatic carbocycles. The van der Waals surface area contributed by atoms with E-state index in [0.29, 0.717) is 5.69 Å². The van der Waals surface area contributed by atoms with Gasteiger partial charge in [-0.25, -0.2) is 4.98 Å². The number of alkyl halides is 3. The number of hydrogen-bond acceptors (Lipinski definition) is 3. The number of rotatable bonds is 3. The lowest BCUT2D eigenvalue weighted by molar-refractivity contribution is -0.275. The highest BCUT2D eigenvalue weighted by Crippen LogP contribution is 2.32. The summed E-state index contributed by atoms with van der Waals surface area (Å²) in [4.78, 5) is 3.81. The first-order chi connectivity index (χ1) is 8.88. The van der Waals surface area contributed by atoms with Crippen molar-refractivity contribution < 1.29 is 23.0 Å². The number of ether oxygens (including phenoxy) is 1. The fourth-order valence-corrected chi connectivity index (χ4v) is 1.71. The van der Waals surface area contributed by atoms with E-state index in [4.69, 9.17) is 0 Å². The summed E-state index contributed by atoms with van der Waals surface area (Å²) in [6, 6.07) is 5.46. The molecule has 1 atom stereocenters. The van der Waals surface area contributed by atoms with Crippen LogP contribution in [-0.4, -0.2) is 21.0 Å². The van der Waals surface area contributed by atoms with Gasteiger partial charge in [0.2, 0.25) is 0 Å². The van der Waals surface area contributed by atoms with Crippen molar-refractivity contribution in [3.05, 3.63) is 48.0 Å². The number of halogens is 3. The van der Waals surface area contributed by atoms with Gasteiger partial charge in [-0.1, -0.05) is 18.2 Å². The number of benzene rings is 1. The van der Waals surface area contributed by atoms with Crippen molar-refractivity contribution in [3.8, 4) is 5.75 Å². The van der Waals surface area contributed by atoms with Crippen LogP contribution < -0.4 is 4.74 Å². The second kappa shape index (κ2) is 4.93. The Hall–Kier alpha value is -2.02. The highest BCUT2D eigenvalue weighted by Gasteiger charge is 2.33. The summed E-state index contributed by atoms with van der Waals surface area (Å²) in [5, 5.41) is 10.1. The molecule has 1 aromatic heterocycles. The van der Waals surface area contributed by atoms with Gasteiger partial charge in [-0.2, -0.15) is 0 Å². The summed E-state index contributed by atoms with van der Waals surface area (Å²) in [6.07, 6.45) is -3.21. The minimum absolute atomic E-state index is 0.0309. The van der Waals surface area contributed by atoms with Gasteiger partial charge in [-0.3, -0.25) is 0 Å². The molecule has 0 saturated heterocycles.